The molecule has 1 aromatic carbocycles. The maximum atomic E-state index is 12.6. The fraction of sp³-hybridized carbons (Fsp3) is 0.222. The van der Waals surface area contributed by atoms with E-state index in [-0.39, 0.29) is 18.3 Å². The van der Waals surface area contributed by atoms with E-state index >= 15 is 0 Å². The van der Waals surface area contributed by atoms with Gasteiger partial charge >= 0.3 is 0 Å². The third-order valence-electron chi connectivity index (χ3n) is 1.56. The van der Waals surface area contributed by atoms with Crippen LogP contribution in [0.15, 0.2) is 24.3 Å². The predicted molar refractivity (Wildman–Crippen MR) is 49.0 cm³/mol. The zero-order valence-corrected chi connectivity index (χ0v) is 7.30. The maximum absolute atomic E-state index is 12.6. The molecule has 0 atom stereocenters. The third-order valence-corrected chi connectivity index (χ3v) is 1.56. The lowest BCUT2D eigenvalue weighted by Gasteiger charge is -2.04. The van der Waals surface area contributed by atoms with E-state index in [2.05, 4.69) is 10.6 Å². The molecule has 1 amide bonds. The van der Waals surface area contributed by atoms with Crippen LogP contribution in [0.2, 0.25) is 0 Å². The first-order chi connectivity index (χ1) is 6.22. The molecule has 2 N–H and O–H groups in total. The van der Waals surface area contributed by atoms with Crippen molar-refractivity contribution in [1.82, 2.24) is 5.32 Å². The van der Waals surface area contributed by atoms with Gasteiger partial charge in [-0.05, 0) is 18.2 Å². The van der Waals surface area contributed by atoms with Gasteiger partial charge in [-0.25, -0.2) is 4.39 Å². The first kappa shape index (κ1) is 9.51. The number of carbonyl (C=O) groups is 1. The van der Waals surface area contributed by atoms with Crippen molar-refractivity contribution in [2.24, 2.45) is 0 Å². The average Bonchev–Trinajstić information content (AvgIpc) is 2.14. The minimum absolute atomic E-state index is 0.135. The van der Waals surface area contributed by atoms with Crippen LogP contribution in [0.4, 0.5) is 10.1 Å². The number of carbonyl (C=O) groups excluding carboxylic acids is 1. The number of hydrogen-bond donors (Lipinski definition) is 2. The highest BCUT2D eigenvalue weighted by Gasteiger charge is 1.97. The second kappa shape index (κ2) is 4.45. The Morgan fingerprint density at radius 2 is 2.31 bits per heavy atom. The highest BCUT2D eigenvalue weighted by atomic mass is 19.1. The van der Waals surface area contributed by atoms with Crippen LogP contribution in [0.25, 0.3) is 0 Å². The molecular formula is C9H11FN2O. The van der Waals surface area contributed by atoms with Crippen molar-refractivity contribution in [2.75, 3.05) is 18.9 Å². The van der Waals surface area contributed by atoms with Gasteiger partial charge in [0.2, 0.25) is 5.91 Å². The van der Waals surface area contributed by atoms with E-state index in [1.54, 1.807) is 19.2 Å². The molecule has 0 radical (unpaired) electrons. The summed E-state index contributed by atoms with van der Waals surface area (Å²) in [5.74, 6) is -0.453. The van der Waals surface area contributed by atoms with E-state index < -0.39 is 0 Å². The van der Waals surface area contributed by atoms with Crippen LogP contribution in [0, 0.1) is 5.82 Å². The molecule has 0 spiro atoms. The lowest BCUT2D eigenvalue weighted by molar-refractivity contribution is -0.118. The Kier molecular flexibility index (Phi) is 3.25. The van der Waals surface area contributed by atoms with Crippen LogP contribution >= 0.6 is 0 Å². The Morgan fingerprint density at radius 1 is 1.54 bits per heavy atom. The van der Waals surface area contributed by atoms with Crippen LogP contribution in [-0.2, 0) is 4.79 Å². The van der Waals surface area contributed by atoms with Crippen molar-refractivity contribution in [3.05, 3.63) is 30.1 Å². The summed E-state index contributed by atoms with van der Waals surface area (Å²) >= 11 is 0. The van der Waals surface area contributed by atoms with Crippen molar-refractivity contribution in [2.45, 2.75) is 0 Å². The van der Waals surface area contributed by atoms with Crippen LogP contribution in [0.3, 0.4) is 0 Å². The number of anilines is 1. The molecule has 3 nitrogen and oxygen atoms in total. The minimum atomic E-state index is -0.318. The molecule has 70 valence electrons. The standard InChI is InChI=1S/C9H11FN2O/c1-11-9(13)6-12-8-4-2-3-7(10)5-8/h2-5,12H,6H2,1H3,(H,11,13). The predicted octanol–water partition coefficient (Wildman–Crippen LogP) is 0.984. The van der Waals surface area contributed by atoms with Crippen molar-refractivity contribution in [3.8, 4) is 0 Å². The monoisotopic (exact) mass is 182 g/mol. The number of benzene rings is 1. The maximum Gasteiger partial charge on any atom is 0.239 e. The van der Waals surface area contributed by atoms with Gasteiger partial charge in [0.15, 0.2) is 0 Å². The topological polar surface area (TPSA) is 41.1 Å². The normalized spacial score (nSPS) is 9.38. The molecule has 0 aliphatic carbocycles. The zero-order chi connectivity index (χ0) is 9.68. The molecular weight excluding hydrogens is 171 g/mol. The van der Waals surface area contributed by atoms with E-state index in [1.165, 1.54) is 12.1 Å². The summed E-state index contributed by atoms with van der Waals surface area (Å²) in [5, 5.41) is 5.24. The SMILES string of the molecule is CNC(=O)CNc1cccc(F)c1. The second-order valence-electron chi connectivity index (χ2n) is 2.54. The summed E-state index contributed by atoms with van der Waals surface area (Å²) in [6, 6.07) is 5.97. The number of amides is 1. The van der Waals surface area contributed by atoms with Gasteiger partial charge in [-0.2, -0.15) is 0 Å². The van der Waals surface area contributed by atoms with Crippen LogP contribution in [-0.4, -0.2) is 19.5 Å². The number of likely N-dealkylation sites (N-methyl/N-ethyl adjacent to an activating group) is 1. The molecule has 4 heteroatoms. The fourth-order valence-electron chi connectivity index (χ4n) is 0.869. The van der Waals surface area contributed by atoms with Gasteiger partial charge in [0.25, 0.3) is 0 Å². The molecule has 0 aromatic heterocycles. The molecule has 0 unspecified atom stereocenters. The summed E-state index contributed by atoms with van der Waals surface area (Å²) in [6.07, 6.45) is 0. The van der Waals surface area contributed by atoms with Crippen molar-refractivity contribution in [3.63, 3.8) is 0 Å². The van der Waals surface area contributed by atoms with E-state index in [0.29, 0.717) is 5.69 Å². The lowest BCUT2D eigenvalue weighted by atomic mass is 10.3. The molecule has 0 saturated carbocycles. The van der Waals surface area contributed by atoms with Crippen molar-refractivity contribution < 1.29 is 9.18 Å². The molecule has 0 heterocycles. The molecule has 0 aliphatic rings. The first-order valence-electron chi connectivity index (χ1n) is 3.92. The fourth-order valence-corrected chi connectivity index (χ4v) is 0.869. The summed E-state index contributed by atoms with van der Waals surface area (Å²) in [5.41, 5.74) is 0.601. The zero-order valence-electron chi connectivity index (χ0n) is 7.30. The largest absolute Gasteiger partial charge is 0.376 e. The van der Waals surface area contributed by atoms with Crippen LogP contribution < -0.4 is 10.6 Å². The lowest BCUT2D eigenvalue weighted by Crippen LogP contribution is -2.26. The molecule has 13 heavy (non-hydrogen) atoms. The van der Waals surface area contributed by atoms with Gasteiger partial charge in [0.1, 0.15) is 5.82 Å². The van der Waals surface area contributed by atoms with Crippen LogP contribution in [0.5, 0.6) is 0 Å². The quantitative estimate of drug-likeness (QED) is 0.731. The second-order valence-corrected chi connectivity index (χ2v) is 2.54. The summed E-state index contributed by atoms with van der Waals surface area (Å²) in [7, 11) is 1.55. The van der Waals surface area contributed by atoms with Gasteiger partial charge in [-0.1, -0.05) is 6.07 Å². The number of rotatable bonds is 3. The molecule has 1 aromatic rings. The Morgan fingerprint density at radius 3 is 2.92 bits per heavy atom. The molecule has 0 saturated heterocycles. The Labute approximate surface area is 76.0 Å². The highest BCUT2D eigenvalue weighted by molar-refractivity contribution is 5.80. The minimum Gasteiger partial charge on any atom is -0.376 e. The van der Waals surface area contributed by atoms with Gasteiger partial charge in [0, 0.05) is 12.7 Å². The van der Waals surface area contributed by atoms with Gasteiger partial charge in [0.05, 0.1) is 6.54 Å². The van der Waals surface area contributed by atoms with E-state index in [9.17, 15) is 9.18 Å². The van der Waals surface area contributed by atoms with Crippen molar-refractivity contribution in [1.29, 1.82) is 0 Å². The Hall–Kier alpha value is -1.58. The third kappa shape index (κ3) is 3.11. The molecule has 0 fully saturated rings. The molecule has 0 bridgehead atoms. The van der Waals surface area contributed by atoms with E-state index in [4.69, 9.17) is 0 Å². The van der Waals surface area contributed by atoms with E-state index in [0.717, 1.165) is 0 Å². The average molecular weight is 182 g/mol. The summed E-state index contributed by atoms with van der Waals surface area (Å²) < 4.78 is 12.6. The first-order valence-corrected chi connectivity index (χ1v) is 3.92. The Bertz CT molecular complexity index is 301. The molecule has 1 rings (SSSR count). The van der Waals surface area contributed by atoms with E-state index in [1.807, 2.05) is 0 Å². The summed E-state index contributed by atoms with van der Waals surface area (Å²) in [6.45, 7) is 0.153. The van der Waals surface area contributed by atoms with Crippen LogP contribution in [0.1, 0.15) is 0 Å². The smallest absolute Gasteiger partial charge is 0.239 e. The van der Waals surface area contributed by atoms with Gasteiger partial charge in [-0.15, -0.1) is 0 Å². The Balaban J connectivity index is 2.50. The number of halogens is 1. The number of nitrogens with one attached hydrogen (secondary N) is 2. The summed E-state index contributed by atoms with van der Waals surface area (Å²) in [4.78, 5) is 10.8. The highest BCUT2D eigenvalue weighted by Crippen LogP contribution is 2.07. The molecule has 0 aliphatic heterocycles. The number of hydrogen-bond acceptors (Lipinski definition) is 2. The van der Waals surface area contributed by atoms with Gasteiger partial charge in [-0.3, -0.25) is 4.79 Å². The van der Waals surface area contributed by atoms with Crippen molar-refractivity contribution >= 4 is 11.6 Å². The van der Waals surface area contributed by atoms with Gasteiger partial charge < -0.3 is 10.6 Å².